The Morgan fingerprint density at radius 2 is 1.72 bits per heavy atom. The lowest BCUT2D eigenvalue weighted by atomic mass is 10.0. The molecule has 1 aromatic carbocycles. The number of rotatable bonds is 3. The van der Waals surface area contributed by atoms with Gasteiger partial charge in [-0.05, 0) is 58.0 Å². The third-order valence-corrected chi connectivity index (χ3v) is 3.39. The van der Waals surface area contributed by atoms with E-state index >= 15 is 0 Å². The van der Waals surface area contributed by atoms with Crippen molar-refractivity contribution in [1.82, 2.24) is 14.9 Å². The van der Waals surface area contributed by atoms with E-state index in [0.29, 0.717) is 0 Å². The molecule has 1 aromatic heterocycles. The lowest BCUT2D eigenvalue weighted by Crippen LogP contribution is -2.35. The number of aryl methyl sites for hydroxylation is 2. The van der Waals surface area contributed by atoms with Gasteiger partial charge in [-0.25, -0.2) is 4.98 Å². The zero-order chi connectivity index (χ0) is 13.3. The number of benzene rings is 1. The number of hydrogen-bond donors (Lipinski definition) is 1. The molecule has 0 atom stereocenters. The number of aromatic nitrogens is 2. The molecule has 0 bridgehead atoms. The van der Waals surface area contributed by atoms with Gasteiger partial charge in [0.25, 0.3) is 0 Å². The normalized spacial score (nSPS) is 11.8. The van der Waals surface area contributed by atoms with Gasteiger partial charge >= 0.3 is 0 Å². The van der Waals surface area contributed by atoms with Crippen LogP contribution in [0.3, 0.4) is 0 Å². The van der Waals surface area contributed by atoms with E-state index in [2.05, 4.69) is 60.8 Å². The van der Waals surface area contributed by atoms with Gasteiger partial charge < -0.3 is 9.88 Å². The van der Waals surface area contributed by atoms with E-state index in [1.54, 1.807) is 0 Å². The topological polar surface area (TPSA) is 29.9 Å². The maximum absolute atomic E-state index is 4.30. The number of imidazole rings is 1. The quantitative estimate of drug-likeness (QED) is 0.898. The van der Waals surface area contributed by atoms with Gasteiger partial charge in [-0.15, -0.1) is 0 Å². The Hall–Kier alpha value is -1.61. The van der Waals surface area contributed by atoms with Gasteiger partial charge in [-0.1, -0.05) is 6.07 Å². The van der Waals surface area contributed by atoms with Crippen molar-refractivity contribution in [3.05, 3.63) is 47.5 Å². The SMILES string of the molecule is CNC(C)(C)c1cncn1-c1cc(C)cc(C)c1. The summed E-state index contributed by atoms with van der Waals surface area (Å²) in [7, 11) is 1.97. The predicted molar refractivity (Wildman–Crippen MR) is 75.1 cm³/mol. The van der Waals surface area contributed by atoms with Crippen molar-refractivity contribution in [3.63, 3.8) is 0 Å². The molecule has 0 unspecified atom stereocenters. The van der Waals surface area contributed by atoms with Crippen LogP contribution in [-0.2, 0) is 5.54 Å². The molecule has 2 rings (SSSR count). The zero-order valence-electron chi connectivity index (χ0n) is 11.8. The van der Waals surface area contributed by atoms with E-state index in [1.165, 1.54) is 16.8 Å². The van der Waals surface area contributed by atoms with Crippen LogP contribution in [0.2, 0.25) is 0 Å². The first-order valence-electron chi connectivity index (χ1n) is 6.24. The Labute approximate surface area is 109 Å². The van der Waals surface area contributed by atoms with Crippen molar-refractivity contribution in [2.24, 2.45) is 0 Å². The summed E-state index contributed by atoms with van der Waals surface area (Å²) in [6.45, 7) is 8.55. The lowest BCUT2D eigenvalue weighted by molar-refractivity contribution is 0.424. The molecular formula is C15H21N3. The summed E-state index contributed by atoms with van der Waals surface area (Å²) in [5.41, 5.74) is 4.77. The highest BCUT2D eigenvalue weighted by atomic mass is 15.1. The molecule has 0 saturated carbocycles. The first-order chi connectivity index (χ1) is 8.44. The van der Waals surface area contributed by atoms with Gasteiger partial charge in [0.15, 0.2) is 0 Å². The van der Waals surface area contributed by atoms with Crippen LogP contribution in [0, 0.1) is 13.8 Å². The molecule has 3 heteroatoms. The summed E-state index contributed by atoms with van der Waals surface area (Å²) in [4.78, 5) is 4.30. The minimum atomic E-state index is -0.103. The monoisotopic (exact) mass is 243 g/mol. The van der Waals surface area contributed by atoms with Gasteiger partial charge in [-0.3, -0.25) is 0 Å². The van der Waals surface area contributed by atoms with Crippen molar-refractivity contribution >= 4 is 0 Å². The van der Waals surface area contributed by atoms with E-state index in [-0.39, 0.29) is 5.54 Å². The van der Waals surface area contributed by atoms with Crippen LogP contribution in [0.25, 0.3) is 5.69 Å². The van der Waals surface area contributed by atoms with Gasteiger partial charge in [-0.2, -0.15) is 0 Å². The average Bonchev–Trinajstić information content (AvgIpc) is 2.77. The first kappa shape index (κ1) is 12.8. The van der Waals surface area contributed by atoms with Crippen molar-refractivity contribution in [2.45, 2.75) is 33.2 Å². The fourth-order valence-corrected chi connectivity index (χ4v) is 2.18. The highest BCUT2D eigenvalue weighted by molar-refractivity contribution is 5.41. The third-order valence-electron chi connectivity index (χ3n) is 3.39. The molecule has 0 spiro atoms. The maximum Gasteiger partial charge on any atom is 0.0994 e. The molecular weight excluding hydrogens is 222 g/mol. The fraction of sp³-hybridized carbons (Fsp3) is 0.400. The van der Waals surface area contributed by atoms with E-state index in [9.17, 15) is 0 Å². The lowest BCUT2D eigenvalue weighted by Gasteiger charge is -2.25. The molecule has 0 aliphatic heterocycles. The largest absolute Gasteiger partial charge is 0.310 e. The van der Waals surface area contributed by atoms with Gasteiger partial charge in [0, 0.05) is 5.69 Å². The molecule has 1 heterocycles. The van der Waals surface area contributed by atoms with E-state index < -0.39 is 0 Å². The molecule has 0 fully saturated rings. The summed E-state index contributed by atoms with van der Waals surface area (Å²) in [6, 6.07) is 6.55. The summed E-state index contributed by atoms with van der Waals surface area (Å²) in [5, 5.41) is 3.32. The number of nitrogens with zero attached hydrogens (tertiary/aromatic N) is 2. The van der Waals surface area contributed by atoms with E-state index in [0.717, 1.165) is 5.69 Å². The molecule has 0 aliphatic rings. The van der Waals surface area contributed by atoms with Crippen LogP contribution in [0.4, 0.5) is 0 Å². The second-order valence-corrected chi connectivity index (χ2v) is 5.37. The van der Waals surface area contributed by atoms with Crippen molar-refractivity contribution in [1.29, 1.82) is 0 Å². The van der Waals surface area contributed by atoms with E-state index in [4.69, 9.17) is 0 Å². The third kappa shape index (κ3) is 2.31. The summed E-state index contributed by atoms with van der Waals surface area (Å²) >= 11 is 0. The molecule has 0 aliphatic carbocycles. The summed E-state index contributed by atoms with van der Waals surface area (Å²) in [6.07, 6.45) is 3.80. The molecule has 1 N–H and O–H groups in total. The Morgan fingerprint density at radius 3 is 2.28 bits per heavy atom. The Bertz CT molecular complexity index is 532. The van der Waals surface area contributed by atoms with Gasteiger partial charge in [0.1, 0.15) is 0 Å². The fourth-order valence-electron chi connectivity index (χ4n) is 2.18. The van der Waals surface area contributed by atoms with Crippen LogP contribution in [0.1, 0.15) is 30.7 Å². The minimum absolute atomic E-state index is 0.103. The smallest absolute Gasteiger partial charge is 0.0994 e. The Morgan fingerprint density at radius 1 is 1.11 bits per heavy atom. The molecule has 0 amide bonds. The van der Waals surface area contributed by atoms with E-state index in [1.807, 2.05) is 19.6 Å². The Kier molecular flexibility index (Phi) is 3.26. The zero-order valence-corrected chi connectivity index (χ0v) is 11.8. The number of nitrogens with one attached hydrogen (secondary N) is 1. The van der Waals surface area contributed by atoms with Crippen molar-refractivity contribution < 1.29 is 0 Å². The highest BCUT2D eigenvalue weighted by Gasteiger charge is 2.22. The minimum Gasteiger partial charge on any atom is -0.310 e. The molecule has 3 nitrogen and oxygen atoms in total. The maximum atomic E-state index is 4.30. The molecule has 0 radical (unpaired) electrons. The molecule has 0 saturated heterocycles. The van der Waals surface area contributed by atoms with Crippen LogP contribution >= 0.6 is 0 Å². The summed E-state index contributed by atoms with van der Waals surface area (Å²) < 4.78 is 2.15. The van der Waals surface area contributed by atoms with Crippen molar-refractivity contribution in [3.8, 4) is 5.69 Å². The predicted octanol–water partition coefficient (Wildman–Crippen LogP) is 2.94. The molecule has 96 valence electrons. The van der Waals surface area contributed by atoms with Crippen LogP contribution < -0.4 is 5.32 Å². The number of hydrogen-bond acceptors (Lipinski definition) is 2. The second kappa shape index (κ2) is 4.58. The van der Waals surface area contributed by atoms with Crippen LogP contribution in [0.15, 0.2) is 30.7 Å². The second-order valence-electron chi connectivity index (χ2n) is 5.37. The Balaban J connectivity index is 2.55. The van der Waals surface area contributed by atoms with Crippen molar-refractivity contribution in [2.75, 3.05) is 7.05 Å². The molecule has 2 aromatic rings. The van der Waals surface area contributed by atoms with Crippen LogP contribution in [0.5, 0.6) is 0 Å². The van der Waals surface area contributed by atoms with Gasteiger partial charge in [0.2, 0.25) is 0 Å². The first-order valence-corrected chi connectivity index (χ1v) is 6.24. The highest BCUT2D eigenvalue weighted by Crippen LogP contribution is 2.23. The van der Waals surface area contributed by atoms with Crippen LogP contribution in [-0.4, -0.2) is 16.6 Å². The average molecular weight is 243 g/mol. The molecule has 18 heavy (non-hydrogen) atoms. The summed E-state index contributed by atoms with van der Waals surface area (Å²) in [5.74, 6) is 0. The van der Waals surface area contributed by atoms with Gasteiger partial charge in [0.05, 0.1) is 23.8 Å². The standard InChI is InChI=1S/C15H21N3/c1-11-6-12(2)8-13(7-11)18-10-17-9-14(18)15(3,4)16-5/h6-10,16H,1-5H3.